The van der Waals surface area contributed by atoms with Crippen LogP contribution in [-0.2, 0) is 27.9 Å². The lowest BCUT2D eigenvalue weighted by Gasteiger charge is -2.35. The molecule has 0 saturated carbocycles. The van der Waals surface area contributed by atoms with Gasteiger partial charge in [-0.25, -0.2) is 0 Å². The second-order valence-electron chi connectivity index (χ2n) is 5.80. The van der Waals surface area contributed by atoms with Crippen LogP contribution in [0.2, 0.25) is 0 Å². The average Bonchev–Trinajstić information content (AvgIpc) is 2.89. The lowest BCUT2D eigenvalue weighted by molar-refractivity contribution is -0.140. The van der Waals surface area contributed by atoms with Crippen molar-refractivity contribution in [3.63, 3.8) is 0 Å². The largest absolute Gasteiger partial charge is 0.384 e. The Kier molecular flexibility index (Phi) is 4.21. The number of ether oxygens (including phenoxy) is 2. The molecule has 1 fully saturated rings. The summed E-state index contributed by atoms with van der Waals surface area (Å²) in [6.45, 7) is 3.17. The van der Waals surface area contributed by atoms with Gasteiger partial charge in [-0.1, -0.05) is 5.21 Å². The molecule has 1 saturated heterocycles. The molecule has 1 atom stereocenters. The summed E-state index contributed by atoms with van der Waals surface area (Å²) in [4.78, 5) is 14.6. The van der Waals surface area contributed by atoms with E-state index in [1.54, 1.807) is 11.8 Å². The highest BCUT2D eigenvalue weighted by molar-refractivity contribution is 5.79. The van der Waals surface area contributed by atoms with E-state index in [-0.39, 0.29) is 17.7 Å². The molecule has 116 valence electrons. The molecule has 0 aliphatic carbocycles. The zero-order chi connectivity index (χ0) is 14.8. The van der Waals surface area contributed by atoms with E-state index < -0.39 is 0 Å². The van der Waals surface area contributed by atoms with Crippen LogP contribution in [0, 0.1) is 5.92 Å². The topological polar surface area (TPSA) is 69.5 Å². The summed E-state index contributed by atoms with van der Waals surface area (Å²) in [5.41, 5.74) is 1.99. The van der Waals surface area contributed by atoms with E-state index in [1.807, 2.05) is 11.9 Å². The molecule has 7 heteroatoms. The van der Waals surface area contributed by atoms with Crippen LogP contribution < -0.4 is 0 Å². The van der Waals surface area contributed by atoms with Crippen molar-refractivity contribution < 1.29 is 14.3 Å². The molecular weight excluding hydrogens is 272 g/mol. The third-order valence-corrected chi connectivity index (χ3v) is 4.36. The van der Waals surface area contributed by atoms with E-state index in [1.165, 1.54) is 0 Å². The quantitative estimate of drug-likeness (QED) is 0.802. The fourth-order valence-electron chi connectivity index (χ4n) is 3.32. The number of aryl methyl sites for hydroxylation is 1. The maximum absolute atomic E-state index is 12.7. The molecular formula is C14H22N4O3. The lowest BCUT2D eigenvalue weighted by atomic mass is 9.94. The summed E-state index contributed by atoms with van der Waals surface area (Å²) in [5.74, 6) is 0.443. The molecule has 0 radical (unpaired) electrons. The summed E-state index contributed by atoms with van der Waals surface area (Å²) in [6, 6.07) is 0. The highest BCUT2D eigenvalue weighted by atomic mass is 16.5. The van der Waals surface area contributed by atoms with Gasteiger partial charge < -0.3 is 14.4 Å². The molecule has 2 aliphatic heterocycles. The van der Waals surface area contributed by atoms with Gasteiger partial charge in [0, 0.05) is 45.8 Å². The number of rotatable bonds is 3. The Bertz CT molecular complexity index is 510. The Morgan fingerprint density at radius 3 is 2.90 bits per heavy atom. The molecule has 0 N–H and O–H groups in total. The molecule has 3 rings (SSSR count). The predicted molar refractivity (Wildman–Crippen MR) is 74.6 cm³/mol. The zero-order valence-electron chi connectivity index (χ0n) is 12.6. The number of carbonyl (C=O) groups excluding carboxylic acids is 1. The van der Waals surface area contributed by atoms with Crippen molar-refractivity contribution in [2.24, 2.45) is 13.0 Å². The number of hydrogen-bond donors (Lipinski definition) is 0. The molecule has 0 aromatic carbocycles. The molecule has 7 nitrogen and oxygen atoms in total. The SMILES string of the molecule is COC[C@@H]1CN(C(=O)C2CCOCC2)Cc2nnn(C)c21. The number of hydrogen-bond acceptors (Lipinski definition) is 5. The van der Waals surface area contributed by atoms with Crippen LogP contribution in [-0.4, -0.2) is 59.3 Å². The van der Waals surface area contributed by atoms with E-state index in [4.69, 9.17) is 9.47 Å². The Balaban J connectivity index is 1.77. The van der Waals surface area contributed by atoms with Gasteiger partial charge in [-0.3, -0.25) is 9.48 Å². The van der Waals surface area contributed by atoms with E-state index in [9.17, 15) is 4.79 Å². The number of methoxy groups -OCH3 is 1. The van der Waals surface area contributed by atoms with Crippen molar-refractivity contribution in [3.8, 4) is 0 Å². The van der Waals surface area contributed by atoms with Crippen molar-refractivity contribution in [2.45, 2.75) is 25.3 Å². The maximum atomic E-state index is 12.7. The van der Waals surface area contributed by atoms with Crippen molar-refractivity contribution in [3.05, 3.63) is 11.4 Å². The van der Waals surface area contributed by atoms with Crippen molar-refractivity contribution in [2.75, 3.05) is 33.5 Å². The minimum absolute atomic E-state index is 0.0835. The minimum atomic E-state index is 0.0835. The van der Waals surface area contributed by atoms with Gasteiger partial charge in [0.2, 0.25) is 5.91 Å². The number of nitrogens with zero attached hydrogens (tertiary/aromatic N) is 4. The van der Waals surface area contributed by atoms with Crippen molar-refractivity contribution in [1.82, 2.24) is 19.9 Å². The number of aromatic nitrogens is 3. The summed E-state index contributed by atoms with van der Waals surface area (Å²) < 4.78 is 12.5. The van der Waals surface area contributed by atoms with Gasteiger partial charge in [0.25, 0.3) is 0 Å². The molecule has 3 heterocycles. The maximum Gasteiger partial charge on any atom is 0.226 e. The number of carbonyl (C=O) groups is 1. The van der Waals surface area contributed by atoms with Gasteiger partial charge in [-0.2, -0.15) is 0 Å². The Morgan fingerprint density at radius 1 is 1.43 bits per heavy atom. The van der Waals surface area contributed by atoms with Gasteiger partial charge in [-0.05, 0) is 12.8 Å². The van der Waals surface area contributed by atoms with Gasteiger partial charge in [0.1, 0.15) is 5.69 Å². The normalized spacial score (nSPS) is 23.1. The third-order valence-electron chi connectivity index (χ3n) is 4.36. The molecule has 1 aromatic heterocycles. The first-order valence-corrected chi connectivity index (χ1v) is 7.44. The van der Waals surface area contributed by atoms with Crippen molar-refractivity contribution >= 4 is 5.91 Å². The van der Waals surface area contributed by atoms with Crippen LogP contribution in [0.4, 0.5) is 0 Å². The molecule has 1 aromatic rings. The van der Waals surface area contributed by atoms with Crippen LogP contribution in [0.5, 0.6) is 0 Å². The first kappa shape index (κ1) is 14.5. The van der Waals surface area contributed by atoms with Crippen LogP contribution in [0.15, 0.2) is 0 Å². The minimum Gasteiger partial charge on any atom is -0.384 e. The van der Waals surface area contributed by atoms with Crippen LogP contribution >= 0.6 is 0 Å². The molecule has 21 heavy (non-hydrogen) atoms. The van der Waals surface area contributed by atoms with Gasteiger partial charge in [0.05, 0.1) is 18.8 Å². The monoisotopic (exact) mass is 294 g/mol. The Morgan fingerprint density at radius 2 is 2.19 bits per heavy atom. The van der Waals surface area contributed by atoms with E-state index >= 15 is 0 Å². The van der Waals surface area contributed by atoms with Crippen LogP contribution in [0.1, 0.15) is 30.1 Å². The third kappa shape index (κ3) is 2.80. The Labute approximate surface area is 124 Å². The van der Waals surface area contributed by atoms with E-state index in [2.05, 4.69) is 10.3 Å². The first-order valence-electron chi connectivity index (χ1n) is 7.44. The average molecular weight is 294 g/mol. The standard InChI is InChI=1S/C14H22N4O3/c1-17-13-11(9-20-2)7-18(8-12(13)15-16-17)14(19)10-3-5-21-6-4-10/h10-11H,3-9H2,1-2H3/t11-/m0/s1. The van der Waals surface area contributed by atoms with Crippen LogP contribution in [0.3, 0.4) is 0 Å². The van der Waals surface area contributed by atoms with Crippen molar-refractivity contribution in [1.29, 1.82) is 0 Å². The van der Waals surface area contributed by atoms with Crippen LogP contribution in [0.25, 0.3) is 0 Å². The highest BCUT2D eigenvalue weighted by Crippen LogP contribution is 2.29. The molecule has 0 spiro atoms. The van der Waals surface area contributed by atoms with Gasteiger partial charge in [0.15, 0.2) is 0 Å². The number of fused-ring (bicyclic) bond motifs is 1. The smallest absolute Gasteiger partial charge is 0.226 e. The highest BCUT2D eigenvalue weighted by Gasteiger charge is 2.35. The van der Waals surface area contributed by atoms with E-state index in [0.717, 1.165) is 24.2 Å². The molecule has 0 bridgehead atoms. The fraction of sp³-hybridized carbons (Fsp3) is 0.786. The van der Waals surface area contributed by atoms with Gasteiger partial charge in [-0.15, -0.1) is 5.10 Å². The fourth-order valence-corrected chi connectivity index (χ4v) is 3.32. The number of amides is 1. The van der Waals surface area contributed by atoms with Gasteiger partial charge >= 0.3 is 0 Å². The first-order chi connectivity index (χ1) is 10.2. The molecule has 2 aliphatic rings. The summed E-state index contributed by atoms with van der Waals surface area (Å²) in [5, 5.41) is 8.30. The Hall–Kier alpha value is -1.47. The molecule has 0 unspecified atom stereocenters. The summed E-state index contributed by atoms with van der Waals surface area (Å²) >= 11 is 0. The summed E-state index contributed by atoms with van der Waals surface area (Å²) in [7, 11) is 3.58. The summed E-state index contributed by atoms with van der Waals surface area (Å²) in [6.07, 6.45) is 1.63. The second-order valence-corrected chi connectivity index (χ2v) is 5.80. The predicted octanol–water partition coefficient (Wildman–Crippen LogP) is 0.314. The lowest BCUT2D eigenvalue weighted by Crippen LogP contribution is -2.44. The zero-order valence-corrected chi connectivity index (χ0v) is 12.6. The second kappa shape index (κ2) is 6.11. The molecule has 1 amide bonds. The van der Waals surface area contributed by atoms with E-state index in [0.29, 0.717) is 32.9 Å².